The number of halogens is 1. The number of rotatable bonds is 13. The van der Waals surface area contributed by atoms with E-state index in [-0.39, 0.29) is 48.0 Å². The van der Waals surface area contributed by atoms with Gasteiger partial charge in [0.25, 0.3) is 0 Å². The third-order valence-corrected chi connectivity index (χ3v) is 12.7. The molecule has 248 valence electrons. The fourth-order valence-corrected chi connectivity index (χ4v) is 9.45. The Hall–Kier alpha value is -2.80. The van der Waals surface area contributed by atoms with Gasteiger partial charge in [-0.2, -0.15) is 8.61 Å². The second kappa shape index (κ2) is 15.4. The molecule has 2 fully saturated rings. The second-order valence-electron chi connectivity index (χ2n) is 11.8. The van der Waals surface area contributed by atoms with Crippen molar-refractivity contribution in [2.75, 3.05) is 26.4 Å². The summed E-state index contributed by atoms with van der Waals surface area (Å²) < 4.78 is 70.1. The monoisotopic (exact) mass is 688 g/mol. The van der Waals surface area contributed by atoms with Crippen LogP contribution in [0.2, 0.25) is 5.02 Å². The topological polar surface area (TPSA) is 110 Å². The lowest BCUT2D eigenvalue weighted by Gasteiger charge is -2.30. The molecule has 0 radical (unpaired) electrons. The van der Waals surface area contributed by atoms with Gasteiger partial charge >= 0.3 is 5.97 Å². The maximum atomic E-state index is 14.2. The summed E-state index contributed by atoms with van der Waals surface area (Å²) in [5.74, 6) is -0.438. The highest BCUT2D eigenvalue weighted by Gasteiger charge is 2.35. The summed E-state index contributed by atoms with van der Waals surface area (Å²) in [6, 6.07) is 19.3. The minimum atomic E-state index is -4.08. The van der Waals surface area contributed by atoms with Crippen LogP contribution >= 0.6 is 11.6 Å². The molecule has 1 aliphatic carbocycles. The first-order valence-corrected chi connectivity index (χ1v) is 19.0. The molecule has 46 heavy (non-hydrogen) atoms. The maximum Gasteiger partial charge on any atom is 0.338 e. The molecule has 12 heteroatoms. The summed E-state index contributed by atoms with van der Waals surface area (Å²) in [4.78, 5) is 12.7. The van der Waals surface area contributed by atoms with Gasteiger partial charge in [0.1, 0.15) is 0 Å². The fourth-order valence-electron chi connectivity index (χ4n) is 6.16. The molecule has 2 aliphatic rings. The van der Waals surface area contributed by atoms with Gasteiger partial charge in [0, 0.05) is 43.9 Å². The predicted octanol–water partition coefficient (Wildman–Crippen LogP) is 6.27. The second-order valence-corrected chi connectivity index (χ2v) is 16.1. The smallest absolute Gasteiger partial charge is 0.338 e. The number of ether oxygens (including phenoxy) is 2. The number of benzene rings is 3. The van der Waals surface area contributed by atoms with E-state index >= 15 is 0 Å². The summed E-state index contributed by atoms with van der Waals surface area (Å²) in [6.45, 7) is 3.42. The Kier molecular flexibility index (Phi) is 11.6. The summed E-state index contributed by atoms with van der Waals surface area (Å²) in [5.41, 5.74) is 1.67. The molecule has 3 aromatic rings. The standard InChI is InChI=1S/C34H41ClN2O7S2/c1-2-44-34(38)33-10-6-3-7-28(33)25-36(23-27-19-21-43-22-20-27)45(39,40)31-15-17-32(18-16-31)46(41,42)37(30-8-4-5-9-30)24-26-11-13-29(35)14-12-26/h3,6-7,10-18,27,30H,2,4-5,8-9,19-25H2,1H3. The summed E-state index contributed by atoms with van der Waals surface area (Å²) >= 11 is 6.06. The van der Waals surface area contributed by atoms with Crippen LogP contribution in [0.25, 0.3) is 0 Å². The zero-order chi connectivity index (χ0) is 32.7. The lowest BCUT2D eigenvalue weighted by atomic mass is 10.00. The van der Waals surface area contributed by atoms with Crippen LogP contribution in [0.5, 0.6) is 0 Å². The molecule has 0 atom stereocenters. The summed E-state index contributed by atoms with van der Waals surface area (Å²) in [6.07, 6.45) is 4.88. The van der Waals surface area contributed by atoms with E-state index in [2.05, 4.69) is 0 Å². The minimum Gasteiger partial charge on any atom is -0.462 e. The normalized spacial score (nSPS) is 16.7. The highest BCUT2D eigenvalue weighted by molar-refractivity contribution is 7.89. The first-order chi connectivity index (χ1) is 22.1. The van der Waals surface area contributed by atoms with E-state index in [1.54, 1.807) is 43.3 Å². The van der Waals surface area contributed by atoms with Gasteiger partial charge in [-0.15, -0.1) is 0 Å². The van der Waals surface area contributed by atoms with Crippen LogP contribution in [-0.2, 0) is 42.6 Å². The number of nitrogens with zero attached hydrogens (tertiary/aromatic N) is 2. The molecule has 1 saturated heterocycles. The molecule has 9 nitrogen and oxygen atoms in total. The Balaban J connectivity index is 1.44. The van der Waals surface area contributed by atoms with E-state index in [0.29, 0.717) is 42.2 Å². The summed E-state index contributed by atoms with van der Waals surface area (Å²) in [5, 5.41) is 0.575. The largest absolute Gasteiger partial charge is 0.462 e. The molecule has 0 unspecified atom stereocenters. The van der Waals surface area contributed by atoms with Gasteiger partial charge in [0.15, 0.2) is 0 Å². The molecule has 0 spiro atoms. The third-order valence-electron chi connectivity index (χ3n) is 8.71. The van der Waals surface area contributed by atoms with Gasteiger partial charge in [-0.1, -0.05) is 54.8 Å². The van der Waals surface area contributed by atoms with Crippen LogP contribution in [0, 0.1) is 5.92 Å². The highest BCUT2D eigenvalue weighted by Crippen LogP contribution is 2.32. The molecule has 0 N–H and O–H groups in total. The molecular weight excluding hydrogens is 648 g/mol. The first-order valence-electron chi connectivity index (χ1n) is 15.8. The van der Waals surface area contributed by atoms with E-state index in [1.807, 2.05) is 12.1 Å². The van der Waals surface area contributed by atoms with Gasteiger partial charge in [-0.25, -0.2) is 21.6 Å². The molecule has 1 heterocycles. The number of sulfonamides is 2. The van der Waals surface area contributed by atoms with Crippen molar-refractivity contribution in [3.05, 3.63) is 94.5 Å². The number of esters is 1. The molecule has 5 rings (SSSR count). The molecule has 0 bridgehead atoms. The minimum absolute atomic E-state index is 0.0164. The zero-order valence-corrected chi connectivity index (χ0v) is 28.4. The lowest BCUT2D eigenvalue weighted by molar-refractivity contribution is 0.0523. The van der Waals surface area contributed by atoms with Crippen molar-refractivity contribution in [1.29, 1.82) is 0 Å². The Labute approximate surface area is 277 Å². The van der Waals surface area contributed by atoms with Crippen LogP contribution in [0.1, 0.15) is 66.9 Å². The van der Waals surface area contributed by atoms with Crippen LogP contribution < -0.4 is 0 Å². The van der Waals surface area contributed by atoms with Crippen molar-refractivity contribution in [1.82, 2.24) is 8.61 Å². The van der Waals surface area contributed by atoms with Gasteiger partial charge in [-0.3, -0.25) is 0 Å². The Morgan fingerprint density at radius 1 is 0.826 bits per heavy atom. The van der Waals surface area contributed by atoms with Crippen molar-refractivity contribution in [3.63, 3.8) is 0 Å². The van der Waals surface area contributed by atoms with Crippen LogP contribution in [0.15, 0.2) is 82.6 Å². The highest BCUT2D eigenvalue weighted by atomic mass is 35.5. The van der Waals surface area contributed by atoms with Gasteiger partial charge in [0.2, 0.25) is 20.0 Å². The van der Waals surface area contributed by atoms with E-state index in [9.17, 15) is 21.6 Å². The van der Waals surface area contributed by atoms with Crippen LogP contribution in [-0.4, -0.2) is 63.8 Å². The average molecular weight is 689 g/mol. The fraction of sp³-hybridized carbons (Fsp3) is 0.441. The number of carbonyl (C=O) groups excluding carboxylic acids is 1. The number of hydrogen-bond acceptors (Lipinski definition) is 7. The molecule has 0 amide bonds. The Bertz CT molecular complexity index is 1690. The van der Waals surface area contributed by atoms with Gasteiger partial charge in [-0.05, 0) is 92.1 Å². The van der Waals surface area contributed by atoms with E-state index in [4.69, 9.17) is 21.1 Å². The lowest BCUT2D eigenvalue weighted by Crippen LogP contribution is -2.38. The van der Waals surface area contributed by atoms with Crippen molar-refractivity contribution >= 4 is 37.6 Å². The quantitative estimate of drug-likeness (QED) is 0.195. The number of carbonyl (C=O) groups is 1. The van der Waals surface area contributed by atoms with Crippen molar-refractivity contribution in [2.24, 2.45) is 5.92 Å². The van der Waals surface area contributed by atoms with Gasteiger partial charge < -0.3 is 9.47 Å². The first kappa shape index (κ1) is 34.5. The molecule has 0 aromatic heterocycles. The molecule has 1 aliphatic heterocycles. The van der Waals surface area contributed by atoms with E-state index < -0.39 is 26.0 Å². The van der Waals surface area contributed by atoms with Crippen molar-refractivity contribution in [2.45, 2.75) is 74.4 Å². The summed E-state index contributed by atoms with van der Waals surface area (Å²) in [7, 11) is -8.03. The van der Waals surface area contributed by atoms with Crippen molar-refractivity contribution < 1.29 is 31.1 Å². The van der Waals surface area contributed by atoms with E-state index in [1.165, 1.54) is 32.9 Å². The SMILES string of the molecule is CCOC(=O)c1ccccc1CN(CC1CCOCC1)S(=O)(=O)c1ccc(S(=O)(=O)N(Cc2ccc(Cl)cc2)C2CCCC2)cc1. The van der Waals surface area contributed by atoms with Crippen molar-refractivity contribution in [3.8, 4) is 0 Å². The third kappa shape index (κ3) is 8.18. The zero-order valence-electron chi connectivity index (χ0n) is 26.0. The molecule has 1 saturated carbocycles. The van der Waals surface area contributed by atoms with Crippen LogP contribution in [0.3, 0.4) is 0 Å². The van der Waals surface area contributed by atoms with Crippen LogP contribution in [0.4, 0.5) is 0 Å². The predicted molar refractivity (Wildman–Crippen MR) is 176 cm³/mol. The average Bonchev–Trinajstić information content (AvgIpc) is 3.59. The number of hydrogen-bond donors (Lipinski definition) is 0. The molecule has 3 aromatic carbocycles. The maximum absolute atomic E-state index is 14.2. The molecular formula is C34H41ClN2O7S2. The Morgan fingerprint density at radius 2 is 1.43 bits per heavy atom. The van der Waals surface area contributed by atoms with E-state index in [0.717, 1.165) is 31.2 Å². The Morgan fingerprint density at radius 3 is 2.07 bits per heavy atom. The van der Waals surface area contributed by atoms with Gasteiger partial charge in [0.05, 0.1) is 22.0 Å².